The number of hydrogen-bond donors (Lipinski definition) is 0. The van der Waals surface area contributed by atoms with Crippen LogP contribution in [0.15, 0.2) is 18.7 Å². The first kappa shape index (κ1) is 13.8. The lowest BCUT2D eigenvalue weighted by molar-refractivity contribution is -0.129. The van der Waals surface area contributed by atoms with Crippen LogP contribution in [-0.2, 0) is 10.2 Å². The minimum atomic E-state index is -0.0101. The van der Waals surface area contributed by atoms with Crippen LogP contribution in [0.25, 0.3) is 0 Å². The summed E-state index contributed by atoms with van der Waals surface area (Å²) in [5.74, 6) is -0.0101. The Labute approximate surface area is 115 Å². The highest BCUT2D eigenvalue weighted by Crippen LogP contribution is 2.33. The van der Waals surface area contributed by atoms with E-state index in [-0.39, 0.29) is 23.4 Å². The fourth-order valence-electron chi connectivity index (χ4n) is 2.52. The van der Waals surface area contributed by atoms with Crippen molar-refractivity contribution in [3.63, 3.8) is 0 Å². The molecule has 2 unspecified atom stereocenters. The molecule has 0 aliphatic carbocycles. The topological polar surface area (TPSA) is 38.1 Å². The first-order valence-electron chi connectivity index (χ1n) is 6.78. The van der Waals surface area contributed by atoms with Gasteiger partial charge in [-0.25, -0.2) is 0 Å². The molecule has 0 saturated carbocycles. The SMILES string of the molecule is C=CC(=O)N1CC(C)n2nc(C(C)(C)C)cc2C1C. The van der Waals surface area contributed by atoms with E-state index in [4.69, 9.17) is 5.10 Å². The Morgan fingerprint density at radius 1 is 1.47 bits per heavy atom. The Bertz CT molecular complexity index is 510. The zero-order valence-electron chi connectivity index (χ0n) is 12.5. The van der Waals surface area contributed by atoms with Gasteiger partial charge in [0.15, 0.2) is 0 Å². The lowest BCUT2D eigenvalue weighted by atomic mass is 9.92. The number of carbonyl (C=O) groups is 1. The van der Waals surface area contributed by atoms with Gasteiger partial charge in [0.2, 0.25) is 5.91 Å². The molecule has 0 spiro atoms. The molecule has 0 saturated heterocycles. The molecule has 2 heterocycles. The standard InChI is InChI=1S/C15H23N3O/c1-7-14(19)17-9-10(2)18-12(11(17)3)8-13(16-18)15(4,5)6/h7-8,10-11H,1,9H2,2-6H3. The molecule has 1 aromatic heterocycles. The molecule has 1 aliphatic heterocycles. The predicted octanol–water partition coefficient (Wildman–Crippen LogP) is 2.83. The minimum Gasteiger partial charge on any atom is -0.329 e. The molecule has 0 aromatic carbocycles. The van der Waals surface area contributed by atoms with Crippen molar-refractivity contribution in [1.82, 2.24) is 14.7 Å². The van der Waals surface area contributed by atoms with E-state index in [1.807, 2.05) is 11.8 Å². The van der Waals surface area contributed by atoms with Crippen molar-refractivity contribution in [3.8, 4) is 0 Å². The Hall–Kier alpha value is -1.58. The van der Waals surface area contributed by atoms with E-state index in [2.05, 4.69) is 45.0 Å². The number of hydrogen-bond acceptors (Lipinski definition) is 2. The van der Waals surface area contributed by atoms with Crippen LogP contribution in [0.4, 0.5) is 0 Å². The molecular formula is C15H23N3O. The average molecular weight is 261 g/mol. The number of nitrogens with zero attached hydrogens (tertiary/aromatic N) is 3. The van der Waals surface area contributed by atoms with Crippen LogP contribution in [0.3, 0.4) is 0 Å². The molecule has 0 bridgehead atoms. The summed E-state index contributed by atoms with van der Waals surface area (Å²) in [6.45, 7) is 14.9. The molecule has 0 fully saturated rings. The number of carbonyl (C=O) groups excluding carboxylic acids is 1. The maximum Gasteiger partial charge on any atom is 0.246 e. The molecule has 19 heavy (non-hydrogen) atoms. The molecule has 0 radical (unpaired) electrons. The zero-order chi connectivity index (χ0) is 14.4. The number of rotatable bonds is 1. The third kappa shape index (κ3) is 2.31. The molecule has 2 atom stereocenters. The summed E-state index contributed by atoms with van der Waals surface area (Å²) in [5.41, 5.74) is 2.21. The Morgan fingerprint density at radius 3 is 2.63 bits per heavy atom. The van der Waals surface area contributed by atoms with E-state index < -0.39 is 0 Å². The van der Waals surface area contributed by atoms with E-state index in [1.54, 1.807) is 0 Å². The van der Waals surface area contributed by atoms with Gasteiger partial charge in [0.25, 0.3) is 0 Å². The van der Waals surface area contributed by atoms with Crippen LogP contribution >= 0.6 is 0 Å². The molecule has 1 amide bonds. The fourth-order valence-corrected chi connectivity index (χ4v) is 2.52. The summed E-state index contributed by atoms with van der Waals surface area (Å²) >= 11 is 0. The summed E-state index contributed by atoms with van der Waals surface area (Å²) in [4.78, 5) is 13.8. The summed E-state index contributed by atoms with van der Waals surface area (Å²) in [5, 5.41) is 4.73. The fraction of sp³-hybridized carbons (Fsp3) is 0.600. The van der Waals surface area contributed by atoms with Crippen molar-refractivity contribution in [3.05, 3.63) is 30.1 Å². The van der Waals surface area contributed by atoms with Crippen molar-refractivity contribution < 1.29 is 4.79 Å². The van der Waals surface area contributed by atoms with Crippen LogP contribution in [0.1, 0.15) is 58.1 Å². The highest BCUT2D eigenvalue weighted by Gasteiger charge is 2.33. The van der Waals surface area contributed by atoms with Gasteiger partial charge in [-0.15, -0.1) is 0 Å². The molecule has 0 N–H and O–H groups in total. The molecule has 4 nitrogen and oxygen atoms in total. The molecule has 104 valence electrons. The summed E-state index contributed by atoms with van der Waals surface area (Å²) in [6, 6.07) is 2.38. The van der Waals surface area contributed by atoms with Gasteiger partial charge in [-0.3, -0.25) is 9.48 Å². The molecule has 1 aromatic rings. The van der Waals surface area contributed by atoms with Crippen molar-refractivity contribution in [2.75, 3.05) is 6.54 Å². The van der Waals surface area contributed by atoms with Crippen molar-refractivity contribution in [1.29, 1.82) is 0 Å². The Balaban J connectivity index is 2.44. The van der Waals surface area contributed by atoms with Gasteiger partial charge >= 0.3 is 0 Å². The largest absolute Gasteiger partial charge is 0.329 e. The third-order valence-electron chi connectivity index (χ3n) is 3.76. The highest BCUT2D eigenvalue weighted by atomic mass is 16.2. The maximum atomic E-state index is 11.9. The summed E-state index contributed by atoms with van der Waals surface area (Å²) in [6.07, 6.45) is 1.39. The number of aromatic nitrogens is 2. The predicted molar refractivity (Wildman–Crippen MR) is 76.0 cm³/mol. The van der Waals surface area contributed by atoms with Crippen LogP contribution in [0.5, 0.6) is 0 Å². The van der Waals surface area contributed by atoms with Crippen LogP contribution in [0.2, 0.25) is 0 Å². The second-order valence-electron chi connectivity index (χ2n) is 6.37. The van der Waals surface area contributed by atoms with Gasteiger partial charge in [-0.05, 0) is 26.0 Å². The highest BCUT2D eigenvalue weighted by molar-refractivity contribution is 5.87. The van der Waals surface area contributed by atoms with E-state index in [1.165, 1.54) is 6.08 Å². The van der Waals surface area contributed by atoms with Gasteiger partial charge < -0.3 is 4.90 Å². The van der Waals surface area contributed by atoms with Crippen molar-refractivity contribution in [2.24, 2.45) is 0 Å². The van der Waals surface area contributed by atoms with E-state index >= 15 is 0 Å². The smallest absolute Gasteiger partial charge is 0.246 e. The molecule has 2 rings (SSSR count). The molecule has 4 heteroatoms. The monoisotopic (exact) mass is 261 g/mol. The number of amides is 1. The lowest BCUT2D eigenvalue weighted by Crippen LogP contribution is -2.42. The zero-order valence-corrected chi connectivity index (χ0v) is 12.5. The second kappa shape index (κ2) is 4.51. The summed E-state index contributed by atoms with van der Waals surface area (Å²) < 4.78 is 2.07. The normalized spacial score (nSPS) is 23.1. The van der Waals surface area contributed by atoms with Crippen LogP contribution < -0.4 is 0 Å². The quantitative estimate of drug-likeness (QED) is 0.729. The van der Waals surface area contributed by atoms with Crippen molar-refractivity contribution in [2.45, 2.75) is 52.1 Å². The minimum absolute atomic E-state index is 0.0101. The van der Waals surface area contributed by atoms with Crippen molar-refractivity contribution >= 4 is 5.91 Å². The first-order chi connectivity index (χ1) is 8.75. The maximum absolute atomic E-state index is 11.9. The summed E-state index contributed by atoms with van der Waals surface area (Å²) in [7, 11) is 0. The molecular weight excluding hydrogens is 238 g/mol. The van der Waals surface area contributed by atoms with E-state index in [0.717, 1.165) is 11.4 Å². The molecule has 1 aliphatic rings. The first-order valence-corrected chi connectivity index (χ1v) is 6.78. The second-order valence-corrected chi connectivity index (χ2v) is 6.37. The van der Waals surface area contributed by atoms with Gasteiger partial charge in [0.1, 0.15) is 0 Å². The Morgan fingerprint density at radius 2 is 2.11 bits per heavy atom. The van der Waals surface area contributed by atoms with Crippen LogP contribution in [-0.4, -0.2) is 27.1 Å². The van der Waals surface area contributed by atoms with Gasteiger partial charge in [0.05, 0.1) is 23.5 Å². The average Bonchev–Trinajstić information content (AvgIpc) is 2.78. The van der Waals surface area contributed by atoms with E-state index in [9.17, 15) is 4.79 Å². The van der Waals surface area contributed by atoms with Gasteiger partial charge in [0, 0.05) is 12.0 Å². The van der Waals surface area contributed by atoms with Gasteiger partial charge in [-0.2, -0.15) is 5.10 Å². The Kier molecular flexibility index (Phi) is 3.29. The van der Waals surface area contributed by atoms with E-state index in [0.29, 0.717) is 6.54 Å². The lowest BCUT2D eigenvalue weighted by Gasteiger charge is -2.36. The van der Waals surface area contributed by atoms with Crippen LogP contribution in [0, 0.1) is 0 Å². The third-order valence-corrected chi connectivity index (χ3v) is 3.76. The van der Waals surface area contributed by atoms with Gasteiger partial charge in [-0.1, -0.05) is 27.4 Å². The number of fused-ring (bicyclic) bond motifs is 1.